The van der Waals surface area contributed by atoms with Gasteiger partial charge in [-0.25, -0.2) is 0 Å². The number of benzene rings is 3. The fourth-order valence-electron chi connectivity index (χ4n) is 9.07. The molecule has 3 saturated heterocycles. The molecule has 0 radical (unpaired) electrons. The van der Waals surface area contributed by atoms with E-state index in [2.05, 4.69) is 0 Å². The van der Waals surface area contributed by atoms with E-state index in [0.29, 0.717) is 55.8 Å². The van der Waals surface area contributed by atoms with E-state index in [4.69, 9.17) is 4.74 Å². The number of hydrogen-bond donors (Lipinski definition) is 1. The molecule has 10 nitrogen and oxygen atoms in total. The van der Waals surface area contributed by atoms with Gasteiger partial charge in [0.1, 0.15) is 0 Å². The number of carbonyl (C=O) groups is 4. The number of nitrogens with zero attached hydrogens (tertiary/aromatic N) is 4. The minimum Gasteiger partial charge on any atom is -0.394 e. The molecule has 8 rings (SSSR count). The van der Waals surface area contributed by atoms with Crippen molar-refractivity contribution >= 4 is 49.1 Å². The number of amides is 4. The normalized spacial score (nSPS) is 27.1. The maximum atomic E-state index is 16.6. The number of β-lactam (4-membered cyclic amide) rings is 2. The summed E-state index contributed by atoms with van der Waals surface area (Å²) in [6, 6.07) is 20.5. The first-order valence-electron chi connectivity index (χ1n) is 17.9. The topological polar surface area (TPSA) is 111 Å². The molecule has 12 heteroatoms. The van der Waals surface area contributed by atoms with Crippen LogP contribution in [-0.4, -0.2) is 73.9 Å². The molecule has 3 fully saturated rings. The minimum absolute atomic E-state index is 0.0110. The SMILES string of the molecule is C[C@@H]1[C@@H]([Si](C)(C)F)[C@H](CC(=O)N2Cc3ccccc3C[C@H]2CO)O[C@@]12C(=O)N(Cc1cccc(N3CCC3=O)c1)c1ccc(N3CCC3=O)cc12. The van der Waals surface area contributed by atoms with Crippen LogP contribution in [0.25, 0.3) is 0 Å². The highest BCUT2D eigenvalue weighted by atomic mass is 28.4. The summed E-state index contributed by atoms with van der Waals surface area (Å²) in [4.78, 5) is 60.7. The van der Waals surface area contributed by atoms with E-state index >= 15 is 8.90 Å². The Morgan fingerprint density at radius 1 is 0.941 bits per heavy atom. The zero-order chi connectivity index (χ0) is 35.8. The van der Waals surface area contributed by atoms with Gasteiger partial charge in [0.2, 0.25) is 26.1 Å². The van der Waals surface area contributed by atoms with Gasteiger partial charge >= 0.3 is 0 Å². The Bertz CT molecular complexity index is 1950. The summed E-state index contributed by atoms with van der Waals surface area (Å²) >= 11 is 0. The zero-order valence-corrected chi connectivity index (χ0v) is 30.2. The summed E-state index contributed by atoms with van der Waals surface area (Å²) in [6.07, 6.45) is 0.451. The highest BCUT2D eigenvalue weighted by Gasteiger charge is 2.67. The van der Waals surface area contributed by atoms with Gasteiger partial charge in [-0.1, -0.05) is 43.3 Å². The molecule has 1 N–H and O–H groups in total. The number of anilines is 3. The number of aliphatic hydroxyl groups excluding tert-OH is 1. The predicted octanol–water partition coefficient (Wildman–Crippen LogP) is 4.82. The molecule has 0 aliphatic carbocycles. The van der Waals surface area contributed by atoms with Gasteiger partial charge in [0.05, 0.1) is 37.4 Å². The highest BCUT2D eigenvalue weighted by molar-refractivity contribution is 6.72. The second-order valence-corrected chi connectivity index (χ2v) is 19.0. The second-order valence-electron chi connectivity index (χ2n) is 15.2. The molecule has 0 bridgehead atoms. The van der Waals surface area contributed by atoms with Crippen molar-refractivity contribution in [2.45, 2.75) is 82.1 Å². The molecule has 3 aromatic carbocycles. The Balaban J connectivity index is 1.16. The Morgan fingerprint density at radius 2 is 1.63 bits per heavy atom. The number of rotatable bonds is 8. The molecule has 266 valence electrons. The van der Waals surface area contributed by atoms with E-state index in [1.54, 1.807) is 32.7 Å². The van der Waals surface area contributed by atoms with Gasteiger partial charge in [0.15, 0.2) is 5.60 Å². The number of hydrogen-bond acceptors (Lipinski definition) is 6. The Labute approximate surface area is 297 Å². The van der Waals surface area contributed by atoms with Gasteiger partial charge in [-0.05, 0) is 66.5 Å². The third kappa shape index (κ3) is 5.41. The van der Waals surface area contributed by atoms with Crippen LogP contribution in [0.2, 0.25) is 18.6 Å². The fourth-order valence-corrected chi connectivity index (χ4v) is 11.6. The number of ether oxygens (including phenoxy) is 1. The molecule has 0 unspecified atom stereocenters. The number of halogens is 1. The average Bonchev–Trinajstić information content (AvgIpc) is 3.52. The van der Waals surface area contributed by atoms with E-state index in [1.165, 1.54) is 0 Å². The Morgan fingerprint density at radius 3 is 2.25 bits per heavy atom. The predicted molar refractivity (Wildman–Crippen MR) is 192 cm³/mol. The van der Waals surface area contributed by atoms with Crippen molar-refractivity contribution in [2.24, 2.45) is 5.92 Å². The van der Waals surface area contributed by atoms with E-state index in [-0.39, 0.29) is 43.2 Å². The quantitative estimate of drug-likeness (QED) is 0.204. The number of aliphatic hydroxyl groups is 1. The van der Waals surface area contributed by atoms with Crippen molar-refractivity contribution in [2.75, 3.05) is 34.4 Å². The van der Waals surface area contributed by atoms with Crippen LogP contribution in [0.5, 0.6) is 0 Å². The van der Waals surface area contributed by atoms with Crippen molar-refractivity contribution in [1.82, 2.24) is 4.90 Å². The molecule has 0 aromatic heterocycles. The van der Waals surface area contributed by atoms with Gasteiger partial charge in [-0.2, -0.15) is 0 Å². The highest BCUT2D eigenvalue weighted by Crippen LogP contribution is 2.61. The minimum atomic E-state index is -3.57. The summed E-state index contributed by atoms with van der Waals surface area (Å²) in [5.41, 5.74) is 3.25. The van der Waals surface area contributed by atoms with Gasteiger partial charge in [0.25, 0.3) is 5.91 Å². The van der Waals surface area contributed by atoms with Gasteiger partial charge in [-0.3, -0.25) is 19.2 Å². The second kappa shape index (κ2) is 12.4. The maximum absolute atomic E-state index is 16.6. The fraction of sp³-hybridized carbons (Fsp3) is 0.436. The zero-order valence-electron chi connectivity index (χ0n) is 29.2. The summed E-state index contributed by atoms with van der Waals surface area (Å²) in [6.45, 7) is 6.61. The largest absolute Gasteiger partial charge is 0.394 e. The molecule has 51 heavy (non-hydrogen) atoms. The molecular weight excluding hydrogens is 668 g/mol. The Hall–Kier alpha value is -4.39. The summed E-state index contributed by atoms with van der Waals surface area (Å²) < 4.78 is 23.5. The van der Waals surface area contributed by atoms with Crippen LogP contribution in [0.3, 0.4) is 0 Å². The first kappa shape index (κ1) is 33.7. The summed E-state index contributed by atoms with van der Waals surface area (Å²) in [5, 5.41) is 10.3. The van der Waals surface area contributed by atoms with Crippen LogP contribution in [0, 0.1) is 5.92 Å². The van der Waals surface area contributed by atoms with Crippen LogP contribution in [0.1, 0.15) is 48.4 Å². The van der Waals surface area contributed by atoms with E-state index in [9.17, 15) is 19.5 Å². The van der Waals surface area contributed by atoms with E-state index < -0.39 is 37.6 Å². The van der Waals surface area contributed by atoms with Crippen LogP contribution in [-0.2, 0) is 49.0 Å². The van der Waals surface area contributed by atoms with E-state index in [1.807, 2.05) is 73.7 Å². The molecule has 5 aliphatic heterocycles. The first-order chi connectivity index (χ1) is 24.4. The van der Waals surface area contributed by atoms with Gasteiger partial charge < -0.3 is 33.6 Å². The van der Waals surface area contributed by atoms with Crippen LogP contribution < -0.4 is 14.7 Å². The Kier molecular flexibility index (Phi) is 8.19. The lowest BCUT2D eigenvalue weighted by Gasteiger charge is -2.37. The molecular formula is C39H43FN4O6Si. The molecule has 5 atom stereocenters. The lowest BCUT2D eigenvalue weighted by atomic mass is 9.82. The van der Waals surface area contributed by atoms with Crippen molar-refractivity contribution in [3.05, 3.63) is 89.0 Å². The lowest BCUT2D eigenvalue weighted by Crippen LogP contribution is -2.48. The molecule has 1 spiro atoms. The van der Waals surface area contributed by atoms with Crippen molar-refractivity contribution in [1.29, 1.82) is 0 Å². The summed E-state index contributed by atoms with van der Waals surface area (Å²) in [7, 11) is -3.57. The number of carbonyl (C=O) groups excluding carboxylic acids is 4. The maximum Gasteiger partial charge on any atom is 0.264 e. The van der Waals surface area contributed by atoms with Gasteiger partial charge in [0, 0.05) is 60.9 Å². The lowest BCUT2D eigenvalue weighted by molar-refractivity contribution is -0.151. The molecule has 4 amide bonds. The van der Waals surface area contributed by atoms with Gasteiger partial charge in [-0.15, -0.1) is 0 Å². The van der Waals surface area contributed by atoms with E-state index in [0.717, 1.165) is 22.4 Å². The summed E-state index contributed by atoms with van der Waals surface area (Å²) in [5.74, 6) is -1.16. The molecule has 3 aromatic rings. The first-order valence-corrected chi connectivity index (χ1v) is 20.9. The third-order valence-electron chi connectivity index (χ3n) is 11.8. The smallest absolute Gasteiger partial charge is 0.264 e. The number of fused-ring (bicyclic) bond motifs is 3. The molecule has 5 heterocycles. The monoisotopic (exact) mass is 710 g/mol. The van der Waals surface area contributed by atoms with Crippen LogP contribution in [0.4, 0.5) is 21.2 Å². The third-order valence-corrected chi connectivity index (χ3v) is 14.2. The van der Waals surface area contributed by atoms with Crippen LogP contribution in [0.15, 0.2) is 66.7 Å². The van der Waals surface area contributed by atoms with Crippen LogP contribution >= 0.6 is 0 Å². The standard InChI is InChI=1S/C39H43FN4O6Si/c1-24-37(51(2,3)40)33(20-36(48)43-22-27-9-5-4-8-26(27)18-30(43)23-45)50-39(24)31-19-29(42-16-14-35(42)47)11-12-32(31)44(38(39)49)21-25-7-6-10-28(17-25)41-15-13-34(41)46/h4-12,17,19,24,30,33,37,45H,13-16,18,20-23H2,1-3H3/t24-,30+,33+,37-,39+/m1/s1. The average molecular weight is 711 g/mol. The van der Waals surface area contributed by atoms with Crippen molar-refractivity contribution in [3.63, 3.8) is 0 Å². The molecule has 0 saturated carbocycles. The van der Waals surface area contributed by atoms with Crippen molar-refractivity contribution in [3.8, 4) is 0 Å². The van der Waals surface area contributed by atoms with Crippen molar-refractivity contribution < 1.29 is 33.1 Å². The molecule has 5 aliphatic rings.